The molecule has 0 spiro atoms. The van der Waals surface area contributed by atoms with Crippen LogP contribution in [-0.4, -0.2) is 12.0 Å². The Morgan fingerprint density at radius 2 is 1.81 bits per heavy atom. The van der Waals surface area contributed by atoms with Gasteiger partial charge in [0.15, 0.2) is 0 Å². The van der Waals surface area contributed by atoms with Gasteiger partial charge in [-0.05, 0) is 24.6 Å². The number of anilines is 1. The molecule has 0 fully saturated rings. The molecule has 0 saturated heterocycles. The highest BCUT2D eigenvalue weighted by Crippen LogP contribution is 2.37. The molecule has 3 aromatic rings. The van der Waals surface area contributed by atoms with Crippen molar-refractivity contribution in [3.63, 3.8) is 0 Å². The number of aromatic nitrogens is 1. The van der Waals surface area contributed by atoms with E-state index in [4.69, 9.17) is 11.6 Å². The molecule has 3 rings (SSSR count). The Balaban J connectivity index is 2.44. The van der Waals surface area contributed by atoms with E-state index in [-0.39, 0.29) is 11.3 Å². The lowest BCUT2D eigenvalue weighted by Gasteiger charge is -2.15. The monoisotopic (exact) mass is 300 g/mol. The van der Waals surface area contributed by atoms with Gasteiger partial charge in [0.1, 0.15) is 11.3 Å². The number of hydrogen-bond acceptors (Lipinski definition) is 2. The number of nitrogens with one attached hydrogen (secondary N) is 1. The molecule has 0 saturated carbocycles. The molecular formula is C17H14ClFN2. The van der Waals surface area contributed by atoms with Crippen LogP contribution in [0.15, 0.2) is 42.5 Å². The summed E-state index contributed by atoms with van der Waals surface area (Å²) in [6, 6.07) is 12.6. The van der Waals surface area contributed by atoms with E-state index in [0.717, 1.165) is 22.5 Å². The van der Waals surface area contributed by atoms with Crippen molar-refractivity contribution >= 4 is 28.2 Å². The number of pyridine rings is 1. The van der Waals surface area contributed by atoms with Crippen molar-refractivity contribution in [3.8, 4) is 11.3 Å². The maximum atomic E-state index is 14.2. The zero-order valence-electron chi connectivity index (χ0n) is 11.7. The van der Waals surface area contributed by atoms with Crippen LogP contribution in [0.3, 0.4) is 0 Å². The fourth-order valence-electron chi connectivity index (χ4n) is 2.58. The Labute approximate surface area is 127 Å². The highest BCUT2D eigenvalue weighted by molar-refractivity contribution is 6.36. The van der Waals surface area contributed by atoms with Crippen molar-refractivity contribution in [2.24, 2.45) is 0 Å². The van der Waals surface area contributed by atoms with Crippen molar-refractivity contribution in [3.05, 3.63) is 58.9 Å². The standard InChI is InChI=1S/C17H14ClFN2/c1-10-15(11-6-4-3-5-7-11)21-17-13(19)9-8-12(18)14(17)16(10)20-2/h3-9H,1-2H3,(H,20,21). The third-order valence-corrected chi connectivity index (χ3v) is 3.89. The largest absolute Gasteiger partial charge is 0.387 e. The zero-order valence-corrected chi connectivity index (χ0v) is 12.5. The van der Waals surface area contributed by atoms with Crippen LogP contribution in [0.25, 0.3) is 22.2 Å². The van der Waals surface area contributed by atoms with Gasteiger partial charge in [0, 0.05) is 18.0 Å². The SMILES string of the molecule is CNc1c(C)c(-c2ccccc2)nc2c(F)ccc(Cl)c12. The second-order valence-electron chi connectivity index (χ2n) is 4.83. The van der Waals surface area contributed by atoms with Gasteiger partial charge in [-0.2, -0.15) is 0 Å². The number of rotatable bonds is 2. The van der Waals surface area contributed by atoms with Crippen molar-refractivity contribution in [1.82, 2.24) is 4.98 Å². The molecule has 4 heteroatoms. The first-order valence-corrected chi connectivity index (χ1v) is 7.02. The maximum absolute atomic E-state index is 14.2. The Morgan fingerprint density at radius 1 is 1.10 bits per heavy atom. The third-order valence-electron chi connectivity index (χ3n) is 3.58. The zero-order chi connectivity index (χ0) is 15.0. The highest BCUT2D eigenvalue weighted by Gasteiger charge is 2.17. The molecule has 0 unspecified atom stereocenters. The molecule has 2 nitrogen and oxygen atoms in total. The minimum absolute atomic E-state index is 0.288. The third kappa shape index (κ3) is 2.24. The van der Waals surface area contributed by atoms with E-state index in [9.17, 15) is 4.39 Å². The molecule has 0 amide bonds. The van der Waals surface area contributed by atoms with Gasteiger partial charge in [0.05, 0.1) is 16.4 Å². The lowest BCUT2D eigenvalue weighted by atomic mass is 10.0. The topological polar surface area (TPSA) is 24.9 Å². The minimum atomic E-state index is -0.372. The van der Waals surface area contributed by atoms with Crippen LogP contribution in [-0.2, 0) is 0 Å². The van der Waals surface area contributed by atoms with Gasteiger partial charge in [-0.1, -0.05) is 41.9 Å². The van der Waals surface area contributed by atoms with Crippen molar-refractivity contribution in [1.29, 1.82) is 0 Å². The van der Waals surface area contributed by atoms with Crippen LogP contribution in [0.2, 0.25) is 5.02 Å². The summed E-state index contributed by atoms with van der Waals surface area (Å²) in [5.74, 6) is -0.372. The molecule has 1 N–H and O–H groups in total. The first kappa shape index (κ1) is 13.8. The van der Waals surface area contributed by atoms with E-state index in [0.29, 0.717) is 10.4 Å². The Kier molecular flexibility index (Phi) is 3.52. The summed E-state index contributed by atoms with van der Waals surface area (Å²) >= 11 is 6.24. The number of hydrogen-bond donors (Lipinski definition) is 1. The van der Waals surface area contributed by atoms with Crippen LogP contribution in [0.1, 0.15) is 5.56 Å². The van der Waals surface area contributed by atoms with E-state index in [2.05, 4.69) is 10.3 Å². The van der Waals surface area contributed by atoms with E-state index in [1.54, 1.807) is 13.1 Å². The number of benzene rings is 2. The summed E-state index contributed by atoms with van der Waals surface area (Å²) in [5, 5.41) is 4.24. The fraction of sp³-hybridized carbons (Fsp3) is 0.118. The molecular weight excluding hydrogens is 287 g/mol. The summed E-state index contributed by atoms with van der Waals surface area (Å²) < 4.78 is 14.2. The van der Waals surface area contributed by atoms with Crippen LogP contribution in [0.5, 0.6) is 0 Å². The van der Waals surface area contributed by atoms with E-state index in [1.807, 2.05) is 37.3 Å². The van der Waals surface area contributed by atoms with Gasteiger partial charge in [0.2, 0.25) is 0 Å². The second-order valence-corrected chi connectivity index (χ2v) is 5.24. The highest BCUT2D eigenvalue weighted by atomic mass is 35.5. The molecule has 0 aliphatic carbocycles. The van der Waals surface area contributed by atoms with Crippen molar-refractivity contribution < 1.29 is 4.39 Å². The minimum Gasteiger partial charge on any atom is -0.387 e. The second kappa shape index (κ2) is 5.34. The maximum Gasteiger partial charge on any atom is 0.149 e. The van der Waals surface area contributed by atoms with Crippen LogP contribution >= 0.6 is 11.6 Å². The van der Waals surface area contributed by atoms with Gasteiger partial charge < -0.3 is 5.32 Å². The van der Waals surface area contributed by atoms with Gasteiger partial charge >= 0.3 is 0 Å². The predicted octanol–water partition coefficient (Wildman–Crippen LogP) is 5.04. The van der Waals surface area contributed by atoms with Gasteiger partial charge in [0.25, 0.3) is 0 Å². The van der Waals surface area contributed by atoms with Gasteiger partial charge in [-0.25, -0.2) is 9.37 Å². The normalized spacial score (nSPS) is 10.9. The van der Waals surface area contributed by atoms with Gasteiger partial charge in [-0.15, -0.1) is 0 Å². The van der Waals surface area contributed by atoms with Crippen molar-refractivity contribution in [2.45, 2.75) is 6.92 Å². The summed E-state index contributed by atoms with van der Waals surface area (Å²) in [7, 11) is 1.80. The van der Waals surface area contributed by atoms with Crippen LogP contribution in [0.4, 0.5) is 10.1 Å². The molecule has 0 atom stereocenters. The van der Waals surface area contributed by atoms with E-state index in [1.165, 1.54) is 6.07 Å². The molecule has 2 aromatic carbocycles. The molecule has 0 radical (unpaired) electrons. The predicted molar refractivity (Wildman–Crippen MR) is 86.4 cm³/mol. The molecule has 106 valence electrons. The summed E-state index contributed by atoms with van der Waals surface area (Å²) in [5.41, 5.74) is 3.75. The first-order valence-electron chi connectivity index (χ1n) is 6.65. The number of nitrogens with zero attached hydrogens (tertiary/aromatic N) is 1. The smallest absolute Gasteiger partial charge is 0.149 e. The molecule has 0 aliphatic heterocycles. The van der Waals surface area contributed by atoms with Gasteiger partial charge in [-0.3, -0.25) is 0 Å². The van der Waals surface area contributed by atoms with Crippen molar-refractivity contribution in [2.75, 3.05) is 12.4 Å². The Hall–Kier alpha value is -2.13. The lowest BCUT2D eigenvalue weighted by Crippen LogP contribution is -2.00. The van der Waals surface area contributed by atoms with E-state index < -0.39 is 0 Å². The quantitative estimate of drug-likeness (QED) is 0.717. The summed E-state index contributed by atoms with van der Waals surface area (Å²) in [6.45, 7) is 1.96. The summed E-state index contributed by atoms with van der Waals surface area (Å²) in [4.78, 5) is 4.51. The number of halogens is 2. The number of fused-ring (bicyclic) bond motifs is 1. The molecule has 1 heterocycles. The molecule has 21 heavy (non-hydrogen) atoms. The molecule has 0 aliphatic rings. The summed E-state index contributed by atoms with van der Waals surface area (Å²) in [6.07, 6.45) is 0. The molecule has 0 bridgehead atoms. The van der Waals surface area contributed by atoms with Crippen LogP contribution < -0.4 is 5.32 Å². The fourth-order valence-corrected chi connectivity index (χ4v) is 2.83. The first-order chi connectivity index (χ1) is 10.1. The Bertz CT molecular complexity index is 816. The molecule has 1 aromatic heterocycles. The van der Waals surface area contributed by atoms with Crippen LogP contribution in [0, 0.1) is 12.7 Å². The van der Waals surface area contributed by atoms with E-state index >= 15 is 0 Å². The average Bonchev–Trinajstić information content (AvgIpc) is 2.51. The Morgan fingerprint density at radius 3 is 2.48 bits per heavy atom. The lowest BCUT2D eigenvalue weighted by molar-refractivity contribution is 0.637. The average molecular weight is 301 g/mol.